The second-order valence-corrected chi connectivity index (χ2v) is 6.32. The van der Waals surface area contributed by atoms with Crippen molar-refractivity contribution in [3.63, 3.8) is 0 Å². The summed E-state index contributed by atoms with van der Waals surface area (Å²) in [7, 11) is 0. The number of carbonyl (C=O) groups excluding carboxylic acids is 1. The predicted octanol–water partition coefficient (Wildman–Crippen LogP) is 1.65. The lowest BCUT2D eigenvalue weighted by Crippen LogP contribution is -2.35. The Morgan fingerprint density at radius 3 is 2.57 bits per heavy atom. The molecule has 1 amide bonds. The third-order valence-corrected chi connectivity index (χ3v) is 3.30. The van der Waals surface area contributed by atoms with Crippen molar-refractivity contribution in [3.05, 3.63) is 34.9 Å². The van der Waals surface area contributed by atoms with Gasteiger partial charge in [0.15, 0.2) is 0 Å². The first-order valence-corrected chi connectivity index (χ1v) is 7.78. The van der Waals surface area contributed by atoms with Crippen molar-refractivity contribution in [2.45, 2.75) is 46.6 Å². The van der Waals surface area contributed by atoms with Crippen molar-refractivity contribution in [2.24, 2.45) is 5.92 Å². The fourth-order valence-corrected chi connectivity index (χ4v) is 2.40. The number of aryl methyl sites for hydroxylation is 1. The number of nitrogens with zero attached hydrogens (tertiary/aromatic N) is 3. The van der Waals surface area contributed by atoms with Gasteiger partial charge in [-0.2, -0.15) is 5.10 Å². The summed E-state index contributed by atoms with van der Waals surface area (Å²) in [4.78, 5) is 20.6. The Morgan fingerprint density at radius 1 is 1.22 bits per heavy atom. The van der Waals surface area contributed by atoms with Gasteiger partial charge in [-0.1, -0.05) is 13.8 Å². The second-order valence-electron chi connectivity index (χ2n) is 6.32. The first-order valence-electron chi connectivity index (χ1n) is 7.78. The van der Waals surface area contributed by atoms with Crippen molar-refractivity contribution >= 4 is 11.9 Å². The lowest BCUT2D eigenvalue weighted by atomic mass is 10.1. The molecule has 2 heterocycles. The quantitative estimate of drug-likeness (QED) is 0.750. The van der Waals surface area contributed by atoms with Crippen LogP contribution in [-0.2, 0) is 12.8 Å². The van der Waals surface area contributed by atoms with E-state index in [-0.39, 0.29) is 17.9 Å². The number of nitrogens with two attached hydrogens (primary N) is 1. The number of aromatic nitrogens is 4. The van der Waals surface area contributed by atoms with Gasteiger partial charge >= 0.3 is 0 Å². The van der Waals surface area contributed by atoms with E-state index in [9.17, 15) is 4.79 Å². The minimum absolute atomic E-state index is 0.0602. The van der Waals surface area contributed by atoms with Gasteiger partial charge in [0.25, 0.3) is 5.91 Å². The monoisotopic (exact) mass is 316 g/mol. The molecule has 0 bridgehead atoms. The highest BCUT2D eigenvalue weighted by molar-refractivity contribution is 5.92. The molecule has 0 saturated carbocycles. The lowest BCUT2D eigenvalue weighted by Gasteiger charge is -2.13. The molecule has 0 saturated heterocycles. The van der Waals surface area contributed by atoms with Gasteiger partial charge in [-0.15, -0.1) is 0 Å². The summed E-state index contributed by atoms with van der Waals surface area (Å²) in [5.74, 6) is 0.315. The predicted molar refractivity (Wildman–Crippen MR) is 88.9 cm³/mol. The zero-order valence-electron chi connectivity index (χ0n) is 14.1. The fraction of sp³-hybridized carbons (Fsp3) is 0.500. The molecule has 1 atom stereocenters. The van der Waals surface area contributed by atoms with E-state index >= 15 is 0 Å². The Labute approximate surface area is 136 Å². The minimum Gasteiger partial charge on any atom is -0.368 e. The number of amides is 1. The summed E-state index contributed by atoms with van der Waals surface area (Å²) in [6.45, 7) is 8.05. The van der Waals surface area contributed by atoms with E-state index in [0.717, 1.165) is 23.5 Å². The number of H-pyrrole nitrogens is 1. The maximum Gasteiger partial charge on any atom is 0.270 e. The van der Waals surface area contributed by atoms with Crippen molar-refractivity contribution in [3.8, 4) is 0 Å². The highest BCUT2D eigenvalue weighted by atomic mass is 16.1. The molecule has 0 spiro atoms. The molecule has 0 aliphatic carbocycles. The van der Waals surface area contributed by atoms with E-state index < -0.39 is 0 Å². The van der Waals surface area contributed by atoms with Gasteiger partial charge in [-0.25, -0.2) is 9.97 Å². The van der Waals surface area contributed by atoms with Crippen LogP contribution in [0.15, 0.2) is 12.1 Å². The Hall–Kier alpha value is -2.44. The molecule has 0 aliphatic rings. The maximum absolute atomic E-state index is 12.4. The summed E-state index contributed by atoms with van der Waals surface area (Å²) < 4.78 is 0. The van der Waals surface area contributed by atoms with Crippen LogP contribution < -0.4 is 11.1 Å². The van der Waals surface area contributed by atoms with Gasteiger partial charge in [-0.3, -0.25) is 9.89 Å². The Morgan fingerprint density at radius 2 is 1.96 bits per heavy atom. The van der Waals surface area contributed by atoms with E-state index in [1.165, 1.54) is 0 Å². The number of hydrogen-bond donors (Lipinski definition) is 3. The first-order chi connectivity index (χ1) is 10.8. The van der Waals surface area contributed by atoms with Crippen LogP contribution in [0.1, 0.15) is 48.3 Å². The molecular formula is C16H24N6O. The van der Waals surface area contributed by atoms with Crippen molar-refractivity contribution in [1.29, 1.82) is 0 Å². The van der Waals surface area contributed by atoms with Gasteiger partial charge in [0, 0.05) is 23.9 Å². The van der Waals surface area contributed by atoms with Gasteiger partial charge < -0.3 is 11.1 Å². The van der Waals surface area contributed by atoms with Crippen LogP contribution in [-0.4, -0.2) is 32.1 Å². The highest BCUT2D eigenvalue weighted by Gasteiger charge is 2.15. The van der Waals surface area contributed by atoms with Crippen LogP contribution in [0.3, 0.4) is 0 Å². The third kappa shape index (κ3) is 5.05. The zero-order chi connectivity index (χ0) is 17.0. The molecule has 23 heavy (non-hydrogen) atoms. The molecule has 0 aromatic carbocycles. The lowest BCUT2D eigenvalue weighted by molar-refractivity contribution is 0.0934. The van der Waals surface area contributed by atoms with Crippen LogP contribution in [0, 0.1) is 12.8 Å². The molecule has 2 rings (SSSR count). The molecule has 0 aliphatic heterocycles. The molecule has 0 radical (unpaired) electrons. The van der Waals surface area contributed by atoms with E-state index in [4.69, 9.17) is 5.73 Å². The molecule has 0 unspecified atom stereocenters. The van der Waals surface area contributed by atoms with Crippen molar-refractivity contribution in [2.75, 3.05) is 5.73 Å². The molecule has 7 heteroatoms. The molecule has 124 valence electrons. The topological polar surface area (TPSA) is 110 Å². The molecule has 4 N–H and O–H groups in total. The number of nitrogen functional groups attached to an aromatic ring is 1. The summed E-state index contributed by atoms with van der Waals surface area (Å²) in [6.07, 6.45) is 1.41. The highest BCUT2D eigenvalue weighted by Crippen LogP contribution is 2.09. The number of aromatic amines is 1. The van der Waals surface area contributed by atoms with Gasteiger partial charge in [0.1, 0.15) is 5.69 Å². The van der Waals surface area contributed by atoms with E-state index in [1.807, 2.05) is 19.9 Å². The van der Waals surface area contributed by atoms with Crippen LogP contribution >= 0.6 is 0 Å². The van der Waals surface area contributed by atoms with E-state index in [1.54, 1.807) is 6.07 Å². The summed E-state index contributed by atoms with van der Waals surface area (Å²) in [5.41, 5.74) is 8.72. The molecule has 7 nitrogen and oxygen atoms in total. The standard InChI is InChI=1S/C16H24N6O/c1-9(2)5-12-8-14(20-16(17)19-12)15(23)18-10(3)6-13-7-11(4)21-22-13/h7-10H,5-6H2,1-4H3,(H,18,23)(H,21,22)(H2,17,19,20)/t10-/m1/s1. The van der Waals surface area contributed by atoms with E-state index in [2.05, 4.69) is 39.3 Å². The van der Waals surface area contributed by atoms with Crippen molar-refractivity contribution in [1.82, 2.24) is 25.5 Å². The minimum atomic E-state index is -0.246. The Kier molecular flexibility index (Phi) is 5.31. The van der Waals surface area contributed by atoms with Crippen LogP contribution in [0.5, 0.6) is 0 Å². The number of rotatable bonds is 6. The molecular weight excluding hydrogens is 292 g/mol. The van der Waals surface area contributed by atoms with Gasteiger partial charge in [0.05, 0.1) is 5.69 Å². The molecule has 2 aromatic rings. The summed E-state index contributed by atoms with van der Waals surface area (Å²) in [5, 5.41) is 9.99. The SMILES string of the molecule is Cc1cc(C[C@@H](C)NC(=O)c2cc(CC(C)C)nc(N)n2)n[nH]1. The first kappa shape index (κ1) is 16.9. The average molecular weight is 316 g/mol. The number of carbonyl (C=O) groups is 1. The van der Waals surface area contributed by atoms with E-state index in [0.29, 0.717) is 18.0 Å². The Bertz CT molecular complexity index is 679. The summed E-state index contributed by atoms with van der Waals surface area (Å²) >= 11 is 0. The zero-order valence-corrected chi connectivity index (χ0v) is 14.1. The Balaban J connectivity index is 2.03. The second kappa shape index (κ2) is 7.21. The van der Waals surface area contributed by atoms with Crippen LogP contribution in [0.2, 0.25) is 0 Å². The van der Waals surface area contributed by atoms with Crippen molar-refractivity contribution < 1.29 is 4.79 Å². The smallest absolute Gasteiger partial charge is 0.270 e. The molecule has 0 fully saturated rings. The summed E-state index contributed by atoms with van der Waals surface area (Å²) in [6, 6.07) is 3.61. The van der Waals surface area contributed by atoms with Gasteiger partial charge in [0.2, 0.25) is 5.95 Å². The largest absolute Gasteiger partial charge is 0.368 e. The van der Waals surface area contributed by atoms with Gasteiger partial charge in [-0.05, 0) is 38.3 Å². The van der Waals surface area contributed by atoms with Crippen LogP contribution in [0.4, 0.5) is 5.95 Å². The number of anilines is 1. The maximum atomic E-state index is 12.4. The third-order valence-electron chi connectivity index (χ3n) is 3.30. The average Bonchev–Trinajstić information content (AvgIpc) is 2.82. The molecule has 2 aromatic heterocycles. The number of nitrogens with one attached hydrogen (secondary N) is 2. The van der Waals surface area contributed by atoms with Crippen LogP contribution in [0.25, 0.3) is 0 Å². The fourth-order valence-electron chi connectivity index (χ4n) is 2.40. The normalized spacial score (nSPS) is 12.4. The number of hydrogen-bond acceptors (Lipinski definition) is 5.